The van der Waals surface area contributed by atoms with Crippen molar-refractivity contribution in [3.63, 3.8) is 0 Å². The minimum atomic E-state index is -0.801. The fraction of sp³-hybridized carbons (Fsp3) is 0.385. The molecule has 1 aliphatic carbocycles. The van der Waals surface area contributed by atoms with E-state index in [1.807, 2.05) is 0 Å². The quantitative estimate of drug-likeness (QED) is 0.574. The highest BCUT2D eigenvalue weighted by atomic mass is 16.6. The van der Waals surface area contributed by atoms with Crippen LogP contribution in [0.5, 0.6) is 0 Å². The van der Waals surface area contributed by atoms with Gasteiger partial charge in [-0.2, -0.15) is 0 Å². The minimum Gasteiger partial charge on any atom is -0.388 e. The summed E-state index contributed by atoms with van der Waals surface area (Å²) in [6.45, 7) is 0.239. The number of nitrogens with zero attached hydrogens (tertiary/aromatic N) is 2. The Labute approximate surface area is 119 Å². The van der Waals surface area contributed by atoms with E-state index in [0.29, 0.717) is 18.4 Å². The van der Waals surface area contributed by atoms with E-state index in [0.717, 1.165) is 6.42 Å². The average molecular weight is 290 g/mol. The summed E-state index contributed by atoms with van der Waals surface area (Å²) in [5, 5.41) is 24.3. The van der Waals surface area contributed by atoms with Gasteiger partial charge in [-0.1, -0.05) is 0 Å². The highest BCUT2D eigenvalue weighted by Gasteiger charge is 2.34. The van der Waals surface area contributed by atoms with Crippen molar-refractivity contribution in [2.45, 2.75) is 24.9 Å². The zero-order valence-corrected chi connectivity index (χ0v) is 11.1. The van der Waals surface area contributed by atoms with Gasteiger partial charge in [-0.15, -0.1) is 0 Å². The van der Waals surface area contributed by atoms with Crippen molar-refractivity contribution in [2.24, 2.45) is 0 Å². The first-order chi connectivity index (χ1) is 9.98. The van der Waals surface area contributed by atoms with Crippen molar-refractivity contribution < 1.29 is 10.0 Å². The lowest BCUT2D eigenvalue weighted by atomic mass is 9.80. The van der Waals surface area contributed by atoms with Crippen molar-refractivity contribution in [3.8, 4) is 0 Å². The Bertz CT molecular complexity index is 766. The van der Waals surface area contributed by atoms with E-state index in [4.69, 9.17) is 0 Å². The number of nitro groups is 1. The van der Waals surface area contributed by atoms with Crippen LogP contribution in [-0.2, 0) is 0 Å². The maximum Gasteiger partial charge on any atom is 0.293 e. The number of nitro benzene ring substituents is 1. The van der Waals surface area contributed by atoms with Crippen molar-refractivity contribution >= 4 is 22.3 Å². The Balaban J connectivity index is 2.01. The molecule has 3 rings (SSSR count). The zero-order chi connectivity index (χ0) is 15.0. The number of aliphatic hydroxyl groups is 1. The van der Waals surface area contributed by atoms with Gasteiger partial charge in [0.15, 0.2) is 0 Å². The van der Waals surface area contributed by atoms with Gasteiger partial charge in [0.2, 0.25) is 0 Å². The molecule has 1 heterocycles. The number of hydrogen-bond donors (Lipinski definition) is 3. The Kier molecular flexibility index (Phi) is 3.09. The summed E-state index contributed by atoms with van der Waals surface area (Å²) in [6, 6.07) is 2.67. The summed E-state index contributed by atoms with van der Waals surface area (Å²) in [5.41, 5.74) is -0.806. The topological polar surface area (TPSA) is 121 Å². The van der Waals surface area contributed by atoms with Crippen molar-refractivity contribution in [1.29, 1.82) is 0 Å². The number of rotatable bonds is 4. The van der Waals surface area contributed by atoms with Crippen LogP contribution < -0.4 is 10.9 Å². The lowest BCUT2D eigenvalue weighted by Gasteiger charge is -2.36. The number of fused-ring (bicyclic) bond motifs is 1. The molecule has 110 valence electrons. The van der Waals surface area contributed by atoms with Gasteiger partial charge in [0.1, 0.15) is 5.69 Å². The summed E-state index contributed by atoms with van der Waals surface area (Å²) in [4.78, 5) is 28.6. The minimum absolute atomic E-state index is 0.164. The summed E-state index contributed by atoms with van der Waals surface area (Å²) in [7, 11) is 0. The monoisotopic (exact) mass is 290 g/mol. The smallest absolute Gasteiger partial charge is 0.293 e. The van der Waals surface area contributed by atoms with Crippen molar-refractivity contribution in [2.75, 3.05) is 11.9 Å². The molecule has 2 aromatic rings. The largest absolute Gasteiger partial charge is 0.388 e. The van der Waals surface area contributed by atoms with Gasteiger partial charge >= 0.3 is 0 Å². The molecule has 0 aliphatic heterocycles. The molecule has 0 unspecified atom stereocenters. The third-order valence-electron chi connectivity index (χ3n) is 3.85. The van der Waals surface area contributed by atoms with Gasteiger partial charge in [0, 0.05) is 12.6 Å². The molecular weight excluding hydrogens is 276 g/mol. The normalized spacial score (nSPS) is 16.4. The highest BCUT2D eigenvalue weighted by Crippen LogP contribution is 2.33. The predicted octanol–water partition coefficient (Wildman–Crippen LogP) is 1.16. The van der Waals surface area contributed by atoms with Gasteiger partial charge in [0.05, 0.1) is 27.8 Å². The third-order valence-corrected chi connectivity index (χ3v) is 3.85. The Morgan fingerprint density at radius 1 is 1.48 bits per heavy atom. The SMILES string of the molecule is O=c1[nH]cnc2cc(NCC3(O)CCC3)c([N+](=O)[O-])cc12. The van der Waals surface area contributed by atoms with E-state index in [1.165, 1.54) is 18.5 Å². The second-order valence-electron chi connectivity index (χ2n) is 5.31. The number of hydrogen-bond acceptors (Lipinski definition) is 6. The standard InChI is InChI=1S/C13H14N4O4/c18-12-8-4-11(17(20)21)10(5-9(8)15-7-16-12)14-6-13(19)2-1-3-13/h4-5,7,14,19H,1-3,6H2,(H,15,16,18). The molecule has 8 heteroatoms. The first kappa shape index (κ1) is 13.5. The van der Waals surface area contributed by atoms with E-state index in [9.17, 15) is 20.0 Å². The van der Waals surface area contributed by atoms with Crippen molar-refractivity contribution in [1.82, 2.24) is 9.97 Å². The molecule has 1 aromatic heterocycles. The summed E-state index contributed by atoms with van der Waals surface area (Å²) in [5.74, 6) is 0. The van der Waals surface area contributed by atoms with Gasteiger partial charge in [0.25, 0.3) is 11.2 Å². The van der Waals surface area contributed by atoms with Crippen LogP contribution in [0.25, 0.3) is 10.9 Å². The first-order valence-electron chi connectivity index (χ1n) is 6.61. The zero-order valence-electron chi connectivity index (χ0n) is 11.1. The maximum absolute atomic E-state index is 11.7. The van der Waals surface area contributed by atoms with Crippen LogP contribution in [-0.4, -0.2) is 32.1 Å². The molecule has 8 nitrogen and oxygen atoms in total. The van der Waals surface area contributed by atoms with Crippen LogP contribution in [0.2, 0.25) is 0 Å². The van der Waals surface area contributed by atoms with Crippen LogP contribution in [0.3, 0.4) is 0 Å². The molecule has 0 radical (unpaired) electrons. The number of benzene rings is 1. The summed E-state index contributed by atoms with van der Waals surface area (Å²) < 4.78 is 0. The van der Waals surface area contributed by atoms with Crippen LogP contribution in [0.4, 0.5) is 11.4 Å². The number of aromatic amines is 1. The highest BCUT2D eigenvalue weighted by molar-refractivity contribution is 5.86. The third kappa shape index (κ3) is 2.45. The second kappa shape index (κ2) is 4.81. The van der Waals surface area contributed by atoms with Crippen LogP contribution in [0, 0.1) is 10.1 Å². The molecule has 1 saturated carbocycles. The van der Waals surface area contributed by atoms with Crippen molar-refractivity contribution in [3.05, 3.63) is 38.9 Å². The van der Waals surface area contributed by atoms with Gasteiger partial charge in [-0.25, -0.2) is 4.98 Å². The second-order valence-corrected chi connectivity index (χ2v) is 5.31. The number of anilines is 1. The van der Waals surface area contributed by atoms with Gasteiger partial charge < -0.3 is 15.4 Å². The molecule has 0 atom stereocenters. The summed E-state index contributed by atoms with van der Waals surface area (Å²) >= 11 is 0. The fourth-order valence-corrected chi connectivity index (χ4v) is 2.42. The Morgan fingerprint density at radius 2 is 2.24 bits per heavy atom. The van der Waals surface area contributed by atoms with Gasteiger partial charge in [-0.3, -0.25) is 14.9 Å². The molecule has 1 aliphatic rings. The van der Waals surface area contributed by atoms with Crippen LogP contribution in [0.1, 0.15) is 19.3 Å². The number of aromatic nitrogens is 2. The number of H-pyrrole nitrogens is 1. The Morgan fingerprint density at radius 3 is 2.86 bits per heavy atom. The van der Waals surface area contributed by atoms with Gasteiger partial charge in [-0.05, 0) is 25.3 Å². The van der Waals surface area contributed by atoms with E-state index < -0.39 is 16.1 Å². The lowest BCUT2D eigenvalue weighted by Crippen LogP contribution is -2.43. The molecule has 0 spiro atoms. The fourth-order valence-electron chi connectivity index (χ4n) is 2.42. The molecule has 3 N–H and O–H groups in total. The summed E-state index contributed by atoms with van der Waals surface area (Å²) in [6.07, 6.45) is 3.56. The average Bonchev–Trinajstić information content (AvgIpc) is 2.42. The molecule has 1 fully saturated rings. The van der Waals surface area contributed by atoms with E-state index in [2.05, 4.69) is 15.3 Å². The first-order valence-corrected chi connectivity index (χ1v) is 6.61. The molecular formula is C13H14N4O4. The molecule has 0 bridgehead atoms. The number of nitrogens with one attached hydrogen (secondary N) is 2. The van der Waals surface area contributed by atoms with Crippen LogP contribution >= 0.6 is 0 Å². The molecule has 0 saturated heterocycles. The maximum atomic E-state index is 11.7. The molecule has 21 heavy (non-hydrogen) atoms. The molecule has 0 amide bonds. The molecule has 1 aromatic carbocycles. The van der Waals surface area contributed by atoms with Crippen LogP contribution in [0.15, 0.2) is 23.3 Å². The van der Waals surface area contributed by atoms with E-state index in [-0.39, 0.29) is 23.3 Å². The van der Waals surface area contributed by atoms with E-state index in [1.54, 1.807) is 0 Å². The lowest BCUT2D eigenvalue weighted by molar-refractivity contribution is -0.383. The van der Waals surface area contributed by atoms with E-state index >= 15 is 0 Å². The predicted molar refractivity (Wildman–Crippen MR) is 76.3 cm³/mol. The Hall–Kier alpha value is -2.48.